The summed E-state index contributed by atoms with van der Waals surface area (Å²) in [5.41, 5.74) is 4.76. The van der Waals surface area contributed by atoms with Crippen LogP contribution in [0.3, 0.4) is 0 Å². The summed E-state index contributed by atoms with van der Waals surface area (Å²) in [6.45, 7) is 1.78. The van der Waals surface area contributed by atoms with Gasteiger partial charge in [-0.2, -0.15) is 0 Å². The molecule has 0 aromatic carbocycles. The zero-order valence-electron chi connectivity index (χ0n) is 8.08. The Labute approximate surface area is 94.4 Å². The predicted octanol–water partition coefficient (Wildman–Crippen LogP) is 0.208. The molecule has 0 aliphatic carbocycles. The first-order chi connectivity index (χ1) is 7.00. The molecule has 0 radical (unpaired) electrons. The Morgan fingerprint density at radius 3 is 3.07 bits per heavy atom. The summed E-state index contributed by atoms with van der Waals surface area (Å²) in [5, 5.41) is 2.90. The molecule has 1 aromatic rings. The molecule has 1 aromatic heterocycles. The highest BCUT2D eigenvalue weighted by atomic mass is 79.9. The fourth-order valence-corrected chi connectivity index (χ4v) is 1.40. The third-order valence-corrected chi connectivity index (χ3v) is 2.42. The lowest BCUT2D eigenvalue weighted by molar-refractivity contribution is -0.118. The van der Waals surface area contributed by atoms with E-state index in [1.54, 1.807) is 6.92 Å². The summed E-state index contributed by atoms with van der Waals surface area (Å²) >= 11 is 3.09. The van der Waals surface area contributed by atoms with Crippen LogP contribution in [0.25, 0.3) is 0 Å². The van der Waals surface area contributed by atoms with Crippen LogP contribution >= 0.6 is 15.9 Å². The van der Waals surface area contributed by atoms with Crippen molar-refractivity contribution in [1.82, 2.24) is 9.97 Å². The molecule has 0 bridgehead atoms. The Kier molecular flexibility index (Phi) is 3.84. The largest absolute Gasteiger partial charge is 0.370 e. The summed E-state index contributed by atoms with van der Waals surface area (Å²) in [5.74, 6) is -0.0107. The Morgan fingerprint density at radius 1 is 1.80 bits per heavy atom. The van der Waals surface area contributed by atoms with Gasteiger partial charge in [0, 0.05) is 12.5 Å². The molecule has 0 fully saturated rings. The lowest BCUT2D eigenvalue weighted by Gasteiger charge is -2.12. The maximum absolute atomic E-state index is 11.2. The van der Waals surface area contributed by atoms with Crippen LogP contribution in [0.15, 0.2) is 15.6 Å². The smallest absolute Gasteiger partial charge is 0.267 e. The van der Waals surface area contributed by atoms with E-state index in [4.69, 9.17) is 5.73 Å². The van der Waals surface area contributed by atoms with Gasteiger partial charge in [-0.3, -0.25) is 9.59 Å². The van der Waals surface area contributed by atoms with Gasteiger partial charge in [0.25, 0.3) is 5.56 Å². The summed E-state index contributed by atoms with van der Waals surface area (Å²) in [7, 11) is 0. The van der Waals surface area contributed by atoms with E-state index in [9.17, 15) is 9.59 Å². The maximum atomic E-state index is 11.2. The number of amides is 1. The average Bonchev–Trinajstić information content (AvgIpc) is 2.11. The molecule has 1 unspecified atom stereocenters. The number of carbonyl (C=O) groups is 1. The summed E-state index contributed by atoms with van der Waals surface area (Å²) in [4.78, 5) is 28.1. The van der Waals surface area contributed by atoms with Crippen molar-refractivity contribution < 1.29 is 4.79 Å². The molecule has 1 rings (SSSR count). The lowest BCUT2D eigenvalue weighted by Crippen LogP contribution is -2.25. The molecule has 0 aliphatic heterocycles. The average molecular weight is 275 g/mol. The third kappa shape index (κ3) is 3.35. The first kappa shape index (κ1) is 11.7. The molecule has 82 valence electrons. The molecular weight excluding hydrogens is 264 g/mol. The van der Waals surface area contributed by atoms with E-state index in [1.807, 2.05) is 0 Å². The number of halogens is 1. The Hall–Kier alpha value is -1.37. The normalized spacial score (nSPS) is 12.1. The number of nitrogens with two attached hydrogens (primary N) is 1. The van der Waals surface area contributed by atoms with Crippen molar-refractivity contribution in [1.29, 1.82) is 0 Å². The van der Waals surface area contributed by atoms with E-state index < -0.39 is 5.91 Å². The molecule has 0 saturated carbocycles. The van der Waals surface area contributed by atoms with Crippen LogP contribution in [-0.2, 0) is 4.79 Å². The second-order valence-electron chi connectivity index (χ2n) is 3.11. The fraction of sp³-hybridized carbons (Fsp3) is 0.375. The minimum Gasteiger partial charge on any atom is -0.370 e. The van der Waals surface area contributed by atoms with Crippen molar-refractivity contribution in [3.05, 3.63) is 21.2 Å². The summed E-state index contributed by atoms with van der Waals surface area (Å²) in [6.07, 6.45) is 1.47. The van der Waals surface area contributed by atoms with Gasteiger partial charge in [-0.05, 0) is 22.9 Å². The quantitative estimate of drug-likeness (QED) is 0.731. The van der Waals surface area contributed by atoms with Crippen molar-refractivity contribution in [2.45, 2.75) is 19.4 Å². The summed E-state index contributed by atoms with van der Waals surface area (Å²) in [6, 6.07) is -0.173. The molecule has 1 amide bonds. The zero-order valence-corrected chi connectivity index (χ0v) is 9.67. The number of aromatic amines is 1. The standard InChI is InChI=1S/C8H11BrN4O2/c1-4(2-5(10)14)13-7-6(9)8(15)12-3-11-7/h3-4H,2H2,1H3,(H2,10,14)(H2,11,12,13,15). The molecular formula is C8H11BrN4O2. The minimum absolute atomic E-state index is 0.173. The van der Waals surface area contributed by atoms with Gasteiger partial charge in [0.1, 0.15) is 10.3 Å². The lowest BCUT2D eigenvalue weighted by atomic mass is 10.2. The first-order valence-corrected chi connectivity index (χ1v) is 5.08. The maximum Gasteiger partial charge on any atom is 0.267 e. The number of carbonyl (C=O) groups excluding carboxylic acids is 1. The van der Waals surface area contributed by atoms with E-state index in [0.29, 0.717) is 10.3 Å². The van der Waals surface area contributed by atoms with Gasteiger partial charge in [-0.25, -0.2) is 4.98 Å². The number of aromatic nitrogens is 2. The van der Waals surface area contributed by atoms with Crippen LogP contribution in [-0.4, -0.2) is 21.9 Å². The number of H-pyrrole nitrogens is 1. The van der Waals surface area contributed by atoms with Crippen molar-refractivity contribution in [3.63, 3.8) is 0 Å². The number of hydrogen-bond acceptors (Lipinski definition) is 4. The topological polar surface area (TPSA) is 101 Å². The van der Waals surface area contributed by atoms with E-state index in [0.717, 1.165) is 0 Å². The van der Waals surface area contributed by atoms with Gasteiger partial charge in [-0.15, -0.1) is 0 Å². The van der Waals surface area contributed by atoms with Crippen molar-refractivity contribution >= 4 is 27.7 Å². The van der Waals surface area contributed by atoms with E-state index in [1.165, 1.54) is 6.33 Å². The highest BCUT2D eigenvalue weighted by Gasteiger charge is 2.10. The molecule has 1 atom stereocenters. The molecule has 0 aliphatic rings. The van der Waals surface area contributed by atoms with Crippen LogP contribution in [0.1, 0.15) is 13.3 Å². The minimum atomic E-state index is -0.407. The van der Waals surface area contributed by atoms with Crippen LogP contribution in [0.4, 0.5) is 5.82 Å². The molecule has 1 heterocycles. The van der Waals surface area contributed by atoms with Crippen LogP contribution < -0.4 is 16.6 Å². The number of rotatable bonds is 4. The van der Waals surface area contributed by atoms with E-state index in [2.05, 4.69) is 31.2 Å². The molecule has 7 heteroatoms. The zero-order chi connectivity index (χ0) is 11.4. The highest BCUT2D eigenvalue weighted by molar-refractivity contribution is 9.10. The summed E-state index contributed by atoms with van der Waals surface area (Å²) < 4.78 is 0.307. The van der Waals surface area contributed by atoms with Crippen molar-refractivity contribution in [2.24, 2.45) is 5.73 Å². The van der Waals surface area contributed by atoms with Gasteiger partial charge in [0.15, 0.2) is 0 Å². The van der Waals surface area contributed by atoms with Crippen LogP contribution in [0.5, 0.6) is 0 Å². The van der Waals surface area contributed by atoms with Gasteiger partial charge in [-0.1, -0.05) is 0 Å². The Morgan fingerprint density at radius 2 is 2.47 bits per heavy atom. The molecule has 15 heavy (non-hydrogen) atoms. The van der Waals surface area contributed by atoms with E-state index >= 15 is 0 Å². The SMILES string of the molecule is CC(CC(N)=O)Nc1nc[nH]c(=O)c1Br. The van der Waals surface area contributed by atoms with Gasteiger partial charge >= 0.3 is 0 Å². The van der Waals surface area contributed by atoms with Gasteiger partial charge < -0.3 is 16.0 Å². The number of nitrogens with zero attached hydrogens (tertiary/aromatic N) is 1. The molecule has 6 nitrogen and oxygen atoms in total. The van der Waals surface area contributed by atoms with E-state index in [-0.39, 0.29) is 18.0 Å². The van der Waals surface area contributed by atoms with Gasteiger partial charge in [0.05, 0.1) is 6.33 Å². The molecule has 4 N–H and O–H groups in total. The third-order valence-electron chi connectivity index (χ3n) is 1.69. The second-order valence-corrected chi connectivity index (χ2v) is 3.90. The van der Waals surface area contributed by atoms with Crippen LogP contribution in [0.2, 0.25) is 0 Å². The van der Waals surface area contributed by atoms with Crippen molar-refractivity contribution in [3.8, 4) is 0 Å². The first-order valence-electron chi connectivity index (χ1n) is 4.28. The number of hydrogen-bond donors (Lipinski definition) is 3. The number of anilines is 1. The number of primary amides is 1. The highest BCUT2D eigenvalue weighted by Crippen LogP contribution is 2.14. The Balaban J connectivity index is 2.76. The Bertz CT molecular complexity index is 417. The predicted molar refractivity (Wildman–Crippen MR) is 59.5 cm³/mol. The monoisotopic (exact) mass is 274 g/mol. The fourth-order valence-electron chi connectivity index (χ4n) is 1.07. The second kappa shape index (κ2) is 4.92. The molecule has 0 spiro atoms. The number of nitrogens with one attached hydrogen (secondary N) is 2. The van der Waals surface area contributed by atoms with Crippen molar-refractivity contribution in [2.75, 3.05) is 5.32 Å². The van der Waals surface area contributed by atoms with Gasteiger partial charge in [0.2, 0.25) is 5.91 Å². The molecule has 0 saturated heterocycles. The van der Waals surface area contributed by atoms with Crippen LogP contribution in [0, 0.1) is 0 Å².